The van der Waals surface area contributed by atoms with Crippen LogP contribution in [0.1, 0.15) is 20.9 Å². The monoisotopic (exact) mass is 414 g/mol. The number of aryl methyl sites for hydroxylation is 2. The average molecular weight is 415 g/mol. The molecule has 3 aromatic rings. The number of hydrogen-bond acceptors (Lipinski definition) is 4. The third-order valence-electron chi connectivity index (χ3n) is 4.30. The van der Waals surface area contributed by atoms with Crippen LogP contribution >= 0.6 is 22.7 Å². The normalized spacial score (nSPS) is 10.8. The molecule has 0 atom stereocenters. The molecule has 0 saturated heterocycles. The van der Waals surface area contributed by atoms with Crippen molar-refractivity contribution in [2.24, 2.45) is 0 Å². The first kappa shape index (κ1) is 20.3. The van der Waals surface area contributed by atoms with E-state index in [1.807, 2.05) is 54.9 Å². The Morgan fingerprint density at radius 3 is 2.14 bits per heavy atom. The number of thiophene rings is 2. The van der Waals surface area contributed by atoms with Gasteiger partial charge in [-0.25, -0.2) is 4.79 Å². The van der Waals surface area contributed by atoms with Crippen molar-refractivity contribution in [2.75, 3.05) is 11.9 Å². The van der Waals surface area contributed by atoms with E-state index in [1.54, 1.807) is 22.7 Å². The maximum absolute atomic E-state index is 12.5. The molecule has 0 bridgehead atoms. The van der Waals surface area contributed by atoms with E-state index < -0.39 is 6.03 Å². The lowest BCUT2D eigenvalue weighted by Crippen LogP contribution is -3.10. The fraction of sp³-hybridized carbons (Fsp3) is 0.238. The summed E-state index contributed by atoms with van der Waals surface area (Å²) in [5, 5.41) is 9.29. The lowest BCUT2D eigenvalue weighted by atomic mass is 10.1. The van der Waals surface area contributed by atoms with Gasteiger partial charge < -0.3 is 10.2 Å². The van der Waals surface area contributed by atoms with Gasteiger partial charge in [0.15, 0.2) is 6.54 Å². The number of anilines is 1. The van der Waals surface area contributed by atoms with Crippen molar-refractivity contribution in [3.63, 3.8) is 0 Å². The average Bonchev–Trinajstić information content (AvgIpc) is 3.31. The number of carbonyl (C=O) groups is 2. The second-order valence-electron chi connectivity index (χ2n) is 6.76. The Morgan fingerprint density at radius 2 is 1.61 bits per heavy atom. The summed E-state index contributed by atoms with van der Waals surface area (Å²) in [6.45, 7) is 5.66. The summed E-state index contributed by atoms with van der Waals surface area (Å²) in [6.07, 6.45) is 0. The number of rotatable bonds is 7. The Labute approximate surface area is 173 Å². The molecule has 146 valence electrons. The van der Waals surface area contributed by atoms with Crippen LogP contribution in [0.15, 0.2) is 53.2 Å². The standard InChI is InChI=1S/C21H23N3O2S2/c1-15-7-8-19(16(2)11-15)22-21(26)23-20(25)14-24(12-17-5-3-9-27-17)13-18-6-4-10-28-18/h3-11H,12-14H2,1-2H3,(H2,22,23,25,26)/p+1. The van der Waals surface area contributed by atoms with Crippen molar-refractivity contribution in [3.05, 3.63) is 74.1 Å². The van der Waals surface area contributed by atoms with E-state index in [0.717, 1.165) is 29.1 Å². The molecule has 0 fully saturated rings. The van der Waals surface area contributed by atoms with Crippen molar-refractivity contribution in [1.29, 1.82) is 0 Å². The Hall–Kier alpha value is -2.48. The molecule has 0 saturated carbocycles. The largest absolute Gasteiger partial charge is 0.326 e. The van der Waals surface area contributed by atoms with Crippen molar-refractivity contribution < 1.29 is 14.5 Å². The predicted octanol–water partition coefficient (Wildman–Crippen LogP) is 3.36. The molecule has 3 N–H and O–H groups in total. The molecule has 28 heavy (non-hydrogen) atoms. The van der Waals surface area contributed by atoms with Crippen LogP contribution in [0, 0.1) is 13.8 Å². The summed E-state index contributed by atoms with van der Waals surface area (Å²) in [4.78, 5) is 28.2. The first-order chi connectivity index (χ1) is 13.5. The fourth-order valence-corrected chi connectivity index (χ4v) is 4.56. The molecule has 0 spiro atoms. The Morgan fingerprint density at radius 1 is 0.964 bits per heavy atom. The molecule has 5 nitrogen and oxygen atoms in total. The van der Waals surface area contributed by atoms with Crippen LogP contribution in [-0.2, 0) is 17.9 Å². The molecule has 3 rings (SSSR count). The van der Waals surface area contributed by atoms with Crippen molar-refractivity contribution in [1.82, 2.24) is 5.32 Å². The molecular weight excluding hydrogens is 390 g/mol. The molecule has 0 radical (unpaired) electrons. The number of quaternary nitrogens is 1. The highest BCUT2D eigenvalue weighted by atomic mass is 32.1. The van der Waals surface area contributed by atoms with Gasteiger partial charge in [-0.1, -0.05) is 29.8 Å². The van der Waals surface area contributed by atoms with Crippen LogP contribution < -0.4 is 15.5 Å². The zero-order valence-electron chi connectivity index (χ0n) is 16.0. The Bertz CT molecular complexity index is 885. The van der Waals surface area contributed by atoms with Crippen LogP contribution in [-0.4, -0.2) is 18.5 Å². The van der Waals surface area contributed by atoms with Gasteiger partial charge in [-0.05, 0) is 48.4 Å². The maximum atomic E-state index is 12.5. The maximum Gasteiger partial charge on any atom is 0.326 e. The molecule has 2 heterocycles. The second-order valence-corrected chi connectivity index (χ2v) is 8.82. The summed E-state index contributed by atoms with van der Waals surface area (Å²) in [5.41, 5.74) is 2.79. The molecule has 2 aromatic heterocycles. The van der Waals surface area contributed by atoms with Gasteiger partial charge >= 0.3 is 6.03 Å². The SMILES string of the molecule is Cc1ccc(NC(=O)NC(=O)C[NH+](Cc2cccs2)Cc2cccs2)c(C)c1. The predicted molar refractivity (Wildman–Crippen MR) is 115 cm³/mol. The summed E-state index contributed by atoms with van der Waals surface area (Å²) in [5.74, 6) is -0.287. The number of imide groups is 1. The number of amides is 3. The van der Waals surface area contributed by atoms with E-state index in [1.165, 1.54) is 9.75 Å². The summed E-state index contributed by atoms with van der Waals surface area (Å²) in [6, 6.07) is 13.4. The Balaban J connectivity index is 1.58. The lowest BCUT2D eigenvalue weighted by molar-refractivity contribution is -0.919. The number of benzene rings is 1. The number of hydrogen-bond donors (Lipinski definition) is 3. The molecule has 0 aliphatic rings. The van der Waals surface area contributed by atoms with Crippen LogP contribution in [0.25, 0.3) is 0 Å². The molecular formula is C21H24N3O2S2+. The van der Waals surface area contributed by atoms with E-state index in [2.05, 4.69) is 22.8 Å². The third-order valence-corrected chi connectivity index (χ3v) is 6.06. The van der Waals surface area contributed by atoms with E-state index in [0.29, 0.717) is 5.69 Å². The van der Waals surface area contributed by atoms with Gasteiger partial charge in [0.2, 0.25) is 0 Å². The van der Waals surface area contributed by atoms with Crippen LogP contribution in [0.5, 0.6) is 0 Å². The highest BCUT2D eigenvalue weighted by Gasteiger charge is 2.19. The molecule has 1 aromatic carbocycles. The van der Waals surface area contributed by atoms with Gasteiger partial charge in [0.1, 0.15) is 13.1 Å². The fourth-order valence-electron chi connectivity index (χ4n) is 3.01. The van der Waals surface area contributed by atoms with E-state index in [-0.39, 0.29) is 12.5 Å². The van der Waals surface area contributed by atoms with E-state index in [4.69, 9.17) is 0 Å². The summed E-state index contributed by atoms with van der Waals surface area (Å²) in [7, 11) is 0. The van der Waals surface area contributed by atoms with Gasteiger partial charge in [-0.2, -0.15) is 0 Å². The van der Waals surface area contributed by atoms with Gasteiger partial charge in [0.05, 0.1) is 9.75 Å². The van der Waals surface area contributed by atoms with Crippen molar-refractivity contribution in [2.45, 2.75) is 26.9 Å². The quantitative estimate of drug-likeness (QED) is 0.555. The Kier molecular flexibility index (Phi) is 6.97. The van der Waals surface area contributed by atoms with Gasteiger partial charge in [-0.15, -0.1) is 22.7 Å². The first-order valence-corrected chi connectivity index (χ1v) is 10.8. The summed E-state index contributed by atoms with van der Waals surface area (Å²) < 4.78 is 0. The number of nitrogens with one attached hydrogen (secondary N) is 3. The second kappa shape index (κ2) is 9.64. The lowest BCUT2D eigenvalue weighted by Gasteiger charge is -2.18. The molecule has 3 amide bonds. The van der Waals surface area contributed by atoms with Gasteiger partial charge in [0, 0.05) is 5.69 Å². The zero-order valence-corrected chi connectivity index (χ0v) is 17.6. The number of urea groups is 1. The minimum absolute atomic E-state index is 0.232. The molecule has 0 aliphatic carbocycles. The zero-order chi connectivity index (χ0) is 19.9. The van der Waals surface area contributed by atoms with Crippen LogP contribution in [0.2, 0.25) is 0 Å². The van der Waals surface area contributed by atoms with Crippen LogP contribution in [0.3, 0.4) is 0 Å². The van der Waals surface area contributed by atoms with Crippen molar-refractivity contribution >= 4 is 40.3 Å². The minimum Gasteiger partial charge on any atom is -0.318 e. The number of carbonyl (C=O) groups excluding carboxylic acids is 2. The highest BCUT2D eigenvalue weighted by molar-refractivity contribution is 7.10. The smallest absolute Gasteiger partial charge is 0.318 e. The minimum atomic E-state index is -0.497. The van der Waals surface area contributed by atoms with Gasteiger partial charge in [-0.3, -0.25) is 10.1 Å². The van der Waals surface area contributed by atoms with Gasteiger partial charge in [0.25, 0.3) is 5.91 Å². The summed E-state index contributed by atoms with van der Waals surface area (Å²) >= 11 is 3.36. The van der Waals surface area contributed by atoms with Crippen LogP contribution in [0.4, 0.5) is 10.5 Å². The molecule has 7 heteroatoms. The van der Waals surface area contributed by atoms with Crippen molar-refractivity contribution in [3.8, 4) is 0 Å². The first-order valence-electron chi connectivity index (χ1n) is 9.06. The van der Waals surface area contributed by atoms with E-state index in [9.17, 15) is 9.59 Å². The highest BCUT2D eigenvalue weighted by Crippen LogP contribution is 2.15. The molecule has 0 unspecified atom stereocenters. The van der Waals surface area contributed by atoms with E-state index >= 15 is 0 Å². The third kappa shape index (κ3) is 6.02. The molecule has 0 aliphatic heterocycles. The topological polar surface area (TPSA) is 62.6 Å².